The Balaban J connectivity index is 2.52. The maximum Gasteiger partial charge on any atom is 0.225 e. The van der Waals surface area contributed by atoms with Gasteiger partial charge in [-0.25, -0.2) is 0 Å². The minimum atomic E-state index is -0.404. The monoisotopic (exact) mass is 243 g/mol. The molecule has 0 aromatic rings. The van der Waals surface area contributed by atoms with E-state index in [2.05, 4.69) is 0 Å². The van der Waals surface area contributed by atoms with Crippen LogP contribution < -0.4 is 0 Å². The van der Waals surface area contributed by atoms with Crippen LogP contribution in [0.15, 0.2) is 0 Å². The normalized spacial score (nSPS) is 16.7. The lowest BCUT2D eigenvalue weighted by atomic mass is 9.90. The van der Waals surface area contributed by atoms with Crippen molar-refractivity contribution >= 4 is 5.91 Å². The molecule has 17 heavy (non-hydrogen) atoms. The molecule has 1 saturated carbocycles. The number of ether oxygens (including phenoxy) is 1. The third-order valence-electron chi connectivity index (χ3n) is 3.52. The predicted octanol–water partition coefficient (Wildman–Crippen LogP) is 1.56. The first-order valence-electron chi connectivity index (χ1n) is 6.45. The fourth-order valence-electron chi connectivity index (χ4n) is 1.99. The van der Waals surface area contributed by atoms with Gasteiger partial charge >= 0.3 is 0 Å². The van der Waals surface area contributed by atoms with E-state index >= 15 is 0 Å². The zero-order valence-electron chi connectivity index (χ0n) is 11.2. The summed E-state index contributed by atoms with van der Waals surface area (Å²) in [5.74, 6) is 0.148. The lowest BCUT2D eigenvalue weighted by Crippen LogP contribution is -2.47. The fourth-order valence-corrected chi connectivity index (χ4v) is 1.99. The van der Waals surface area contributed by atoms with Crippen LogP contribution in [0.25, 0.3) is 0 Å². The molecule has 0 atom stereocenters. The van der Waals surface area contributed by atoms with Gasteiger partial charge in [-0.3, -0.25) is 4.79 Å². The molecule has 0 unspecified atom stereocenters. The second kappa shape index (κ2) is 6.36. The molecule has 0 heterocycles. The molecule has 1 N–H and O–H groups in total. The second-order valence-electron chi connectivity index (χ2n) is 5.39. The highest BCUT2D eigenvalue weighted by atomic mass is 16.5. The summed E-state index contributed by atoms with van der Waals surface area (Å²) in [6.07, 6.45) is 4.48. The van der Waals surface area contributed by atoms with Crippen molar-refractivity contribution in [3.8, 4) is 0 Å². The van der Waals surface area contributed by atoms with Gasteiger partial charge in [-0.1, -0.05) is 0 Å². The minimum Gasteiger partial charge on any atom is -0.396 e. The van der Waals surface area contributed by atoms with Crippen LogP contribution in [0.5, 0.6) is 0 Å². The molecule has 100 valence electrons. The van der Waals surface area contributed by atoms with Crippen molar-refractivity contribution in [3.63, 3.8) is 0 Å². The van der Waals surface area contributed by atoms with E-state index in [0.717, 1.165) is 12.8 Å². The zero-order valence-corrected chi connectivity index (χ0v) is 11.2. The highest BCUT2D eigenvalue weighted by Gasteiger charge is 2.31. The van der Waals surface area contributed by atoms with Crippen molar-refractivity contribution in [2.45, 2.75) is 57.6 Å². The van der Waals surface area contributed by atoms with E-state index in [1.54, 1.807) is 7.11 Å². The maximum atomic E-state index is 12.2. The summed E-state index contributed by atoms with van der Waals surface area (Å²) in [7, 11) is 1.63. The molecule has 4 heteroatoms. The van der Waals surface area contributed by atoms with Crippen molar-refractivity contribution < 1.29 is 14.6 Å². The maximum absolute atomic E-state index is 12.2. The van der Waals surface area contributed by atoms with Gasteiger partial charge in [-0.15, -0.1) is 0 Å². The summed E-state index contributed by atoms with van der Waals surface area (Å²) < 4.78 is 5.30. The van der Waals surface area contributed by atoms with Crippen molar-refractivity contribution in [2.75, 3.05) is 20.3 Å². The summed E-state index contributed by atoms with van der Waals surface area (Å²) in [4.78, 5) is 14.2. The quantitative estimate of drug-likeness (QED) is 0.738. The van der Waals surface area contributed by atoms with Gasteiger partial charge in [0.1, 0.15) is 0 Å². The first kappa shape index (κ1) is 14.5. The highest BCUT2D eigenvalue weighted by molar-refractivity contribution is 5.77. The van der Waals surface area contributed by atoms with Crippen LogP contribution in [0.2, 0.25) is 0 Å². The van der Waals surface area contributed by atoms with Gasteiger partial charge in [-0.05, 0) is 39.5 Å². The fraction of sp³-hybridized carbons (Fsp3) is 0.923. The minimum absolute atomic E-state index is 0.143. The van der Waals surface area contributed by atoms with Gasteiger partial charge in [0.05, 0.1) is 12.0 Å². The van der Waals surface area contributed by atoms with E-state index < -0.39 is 5.60 Å². The number of aliphatic hydroxyl groups excluding tert-OH is 1. The van der Waals surface area contributed by atoms with Gasteiger partial charge in [0.2, 0.25) is 5.91 Å². The average molecular weight is 243 g/mol. The molecule has 4 nitrogen and oxygen atoms in total. The second-order valence-corrected chi connectivity index (χ2v) is 5.39. The van der Waals surface area contributed by atoms with Crippen LogP contribution >= 0.6 is 0 Å². The Hall–Kier alpha value is -0.610. The van der Waals surface area contributed by atoms with Gasteiger partial charge < -0.3 is 14.7 Å². The van der Waals surface area contributed by atoms with Crippen LogP contribution in [-0.4, -0.2) is 47.8 Å². The number of carbonyl (C=O) groups excluding carboxylic acids is 1. The van der Waals surface area contributed by atoms with E-state index in [-0.39, 0.29) is 12.5 Å². The van der Waals surface area contributed by atoms with Crippen molar-refractivity contribution in [2.24, 2.45) is 0 Å². The molecular weight excluding hydrogens is 218 g/mol. The van der Waals surface area contributed by atoms with Gasteiger partial charge in [0, 0.05) is 26.3 Å². The number of aliphatic hydroxyl groups is 1. The van der Waals surface area contributed by atoms with Gasteiger partial charge in [0.25, 0.3) is 0 Å². The Morgan fingerprint density at radius 2 is 2.12 bits per heavy atom. The average Bonchev–Trinajstić information content (AvgIpc) is 2.20. The van der Waals surface area contributed by atoms with E-state index in [9.17, 15) is 4.79 Å². The topological polar surface area (TPSA) is 49.8 Å². The van der Waals surface area contributed by atoms with Crippen LogP contribution in [0.1, 0.15) is 46.0 Å². The standard InChI is InChI=1S/C13H25NO3/c1-13(2,17-3)10-12(16)14(8-5-9-15)11-6-4-7-11/h11,15H,4-10H2,1-3H3. The zero-order chi connectivity index (χ0) is 12.9. The SMILES string of the molecule is COC(C)(C)CC(=O)N(CCCO)C1CCC1. The molecule has 0 aromatic heterocycles. The molecule has 1 rings (SSSR count). The Kier molecular flexibility index (Phi) is 5.40. The molecule has 0 spiro atoms. The first-order valence-corrected chi connectivity index (χ1v) is 6.45. The molecule has 0 saturated heterocycles. The third-order valence-corrected chi connectivity index (χ3v) is 3.52. The lowest BCUT2D eigenvalue weighted by Gasteiger charge is -2.39. The van der Waals surface area contributed by atoms with Crippen LogP contribution in [-0.2, 0) is 9.53 Å². The third kappa shape index (κ3) is 4.28. The number of carbonyl (C=O) groups is 1. The number of hydrogen-bond acceptors (Lipinski definition) is 3. The number of rotatable bonds is 7. The Morgan fingerprint density at radius 1 is 1.47 bits per heavy atom. The van der Waals surface area contributed by atoms with Gasteiger partial charge in [-0.2, -0.15) is 0 Å². The molecule has 0 aromatic carbocycles. The smallest absolute Gasteiger partial charge is 0.225 e. The predicted molar refractivity (Wildman–Crippen MR) is 66.8 cm³/mol. The molecule has 0 aliphatic heterocycles. The summed E-state index contributed by atoms with van der Waals surface area (Å²) in [5.41, 5.74) is -0.404. The summed E-state index contributed by atoms with van der Waals surface area (Å²) in [6, 6.07) is 0.390. The molecule has 1 fully saturated rings. The van der Waals surface area contributed by atoms with Crippen molar-refractivity contribution in [1.29, 1.82) is 0 Å². The van der Waals surface area contributed by atoms with Crippen molar-refractivity contribution in [3.05, 3.63) is 0 Å². The van der Waals surface area contributed by atoms with E-state index in [4.69, 9.17) is 9.84 Å². The van der Waals surface area contributed by atoms with Crippen LogP contribution in [0, 0.1) is 0 Å². The Labute approximate surface area is 104 Å². The highest BCUT2D eigenvalue weighted by Crippen LogP contribution is 2.27. The van der Waals surface area contributed by atoms with E-state index in [1.165, 1.54) is 6.42 Å². The largest absolute Gasteiger partial charge is 0.396 e. The molecule has 1 aliphatic rings. The van der Waals surface area contributed by atoms with E-state index in [1.807, 2.05) is 18.7 Å². The van der Waals surface area contributed by atoms with E-state index in [0.29, 0.717) is 25.4 Å². The molecule has 1 amide bonds. The summed E-state index contributed by atoms with van der Waals surface area (Å²) in [5, 5.41) is 8.89. The number of amides is 1. The molecular formula is C13H25NO3. The van der Waals surface area contributed by atoms with Crippen LogP contribution in [0.3, 0.4) is 0 Å². The molecule has 0 radical (unpaired) electrons. The number of methoxy groups -OCH3 is 1. The summed E-state index contributed by atoms with van der Waals surface area (Å²) >= 11 is 0. The lowest BCUT2D eigenvalue weighted by molar-refractivity contribution is -0.140. The van der Waals surface area contributed by atoms with Crippen molar-refractivity contribution in [1.82, 2.24) is 4.90 Å². The van der Waals surface area contributed by atoms with Gasteiger partial charge in [0.15, 0.2) is 0 Å². The molecule has 1 aliphatic carbocycles. The Bertz CT molecular complexity index is 249. The number of hydrogen-bond donors (Lipinski definition) is 1. The Morgan fingerprint density at radius 3 is 2.53 bits per heavy atom. The van der Waals surface area contributed by atoms with Crippen LogP contribution in [0.4, 0.5) is 0 Å². The summed E-state index contributed by atoms with van der Waals surface area (Å²) in [6.45, 7) is 4.66. The first-order chi connectivity index (χ1) is 8.00. The molecule has 0 bridgehead atoms. The number of nitrogens with zero attached hydrogens (tertiary/aromatic N) is 1.